The molecular formula is C14H15N3O3. The van der Waals surface area contributed by atoms with Gasteiger partial charge in [0.25, 0.3) is 0 Å². The molecule has 0 radical (unpaired) electrons. The van der Waals surface area contributed by atoms with E-state index < -0.39 is 18.0 Å². The van der Waals surface area contributed by atoms with Crippen molar-refractivity contribution in [3.8, 4) is 0 Å². The first-order valence-corrected chi connectivity index (χ1v) is 6.10. The van der Waals surface area contributed by atoms with Crippen LogP contribution in [0, 0.1) is 0 Å². The molecule has 0 heterocycles. The molecule has 5 N–H and O–H groups in total. The zero-order valence-corrected chi connectivity index (χ0v) is 10.7. The highest BCUT2D eigenvalue weighted by atomic mass is 16.4. The SMILES string of the molecule is NCC(NC(=O)Nc1cccc2ccccc12)C(=O)O. The summed E-state index contributed by atoms with van der Waals surface area (Å²) in [6, 6.07) is 11.4. The van der Waals surface area contributed by atoms with Crippen LogP contribution >= 0.6 is 0 Å². The molecule has 2 aromatic rings. The summed E-state index contributed by atoms with van der Waals surface area (Å²) in [6.45, 7) is -0.168. The van der Waals surface area contributed by atoms with Crippen LogP contribution < -0.4 is 16.4 Å². The van der Waals surface area contributed by atoms with Crippen molar-refractivity contribution >= 4 is 28.5 Å². The van der Waals surface area contributed by atoms with Crippen molar-refractivity contribution in [1.29, 1.82) is 0 Å². The maximum Gasteiger partial charge on any atom is 0.327 e. The average molecular weight is 273 g/mol. The van der Waals surface area contributed by atoms with E-state index in [2.05, 4.69) is 10.6 Å². The highest BCUT2D eigenvalue weighted by Crippen LogP contribution is 2.22. The molecule has 1 atom stereocenters. The average Bonchev–Trinajstić information content (AvgIpc) is 2.45. The Bertz CT molecular complexity index is 637. The van der Waals surface area contributed by atoms with Crippen LogP contribution in [0.25, 0.3) is 10.8 Å². The standard InChI is InChI=1S/C14H15N3O3/c15-8-12(13(18)19)17-14(20)16-11-7-3-5-9-4-1-2-6-10(9)11/h1-7,12H,8,15H2,(H,18,19)(H2,16,17,20). The Balaban J connectivity index is 2.16. The molecule has 0 saturated carbocycles. The Hall–Kier alpha value is -2.60. The lowest BCUT2D eigenvalue weighted by Gasteiger charge is -2.14. The van der Waals surface area contributed by atoms with Gasteiger partial charge in [0.2, 0.25) is 0 Å². The number of hydrogen-bond donors (Lipinski definition) is 4. The van der Waals surface area contributed by atoms with E-state index in [1.54, 1.807) is 6.07 Å². The predicted octanol–water partition coefficient (Wildman–Crippen LogP) is 1.37. The Kier molecular flexibility index (Phi) is 4.17. The van der Waals surface area contributed by atoms with Gasteiger partial charge in [0, 0.05) is 11.9 Å². The minimum atomic E-state index is -1.17. The number of benzene rings is 2. The van der Waals surface area contributed by atoms with E-state index in [4.69, 9.17) is 10.8 Å². The van der Waals surface area contributed by atoms with E-state index in [-0.39, 0.29) is 6.54 Å². The van der Waals surface area contributed by atoms with Crippen LogP contribution in [-0.2, 0) is 4.79 Å². The molecule has 2 rings (SSSR count). The molecule has 20 heavy (non-hydrogen) atoms. The molecule has 0 saturated heterocycles. The maximum absolute atomic E-state index is 11.8. The first-order valence-electron chi connectivity index (χ1n) is 6.10. The van der Waals surface area contributed by atoms with Gasteiger partial charge in [-0.15, -0.1) is 0 Å². The van der Waals surface area contributed by atoms with Crippen molar-refractivity contribution in [2.24, 2.45) is 5.73 Å². The van der Waals surface area contributed by atoms with Gasteiger partial charge < -0.3 is 21.5 Å². The number of urea groups is 1. The van der Waals surface area contributed by atoms with Gasteiger partial charge in [0.15, 0.2) is 0 Å². The second-order valence-electron chi connectivity index (χ2n) is 4.25. The van der Waals surface area contributed by atoms with Crippen LogP contribution in [0.2, 0.25) is 0 Å². The molecule has 0 aliphatic rings. The fourth-order valence-electron chi connectivity index (χ4n) is 1.87. The molecule has 2 amide bonds. The summed E-state index contributed by atoms with van der Waals surface area (Å²) < 4.78 is 0. The van der Waals surface area contributed by atoms with Crippen LogP contribution in [0.5, 0.6) is 0 Å². The summed E-state index contributed by atoms with van der Waals surface area (Å²) in [7, 11) is 0. The summed E-state index contributed by atoms with van der Waals surface area (Å²) in [6.07, 6.45) is 0. The number of fused-ring (bicyclic) bond motifs is 1. The monoisotopic (exact) mass is 273 g/mol. The van der Waals surface area contributed by atoms with E-state index in [1.807, 2.05) is 36.4 Å². The summed E-state index contributed by atoms with van der Waals surface area (Å²) >= 11 is 0. The van der Waals surface area contributed by atoms with Crippen LogP contribution in [0.1, 0.15) is 0 Å². The second kappa shape index (κ2) is 6.03. The van der Waals surface area contributed by atoms with Crippen molar-refractivity contribution < 1.29 is 14.7 Å². The molecule has 104 valence electrons. The number of anilines is 1. The quantitative estimate of drug-likeness (QED) is 0.675. The van der Waals surface area contributed by atoms with Gasteiger partial charge in [-0.05, 0) is 11.5 Å². The number of carbonyl (C=O) groups is 2. The van der Waals surface area contributed by atoms with Crippen molar-refractivity contribution in [3.63, 3.8) is 0 Å². The van der Waals surface area contributed by atoms with Gasteiger partial charge in [0.1, 0.15) is 6.04 Å². The van der Waals surface area contributed by atoms with Gasteiger partial charge in [0.05, 0.1) is 5.69 Å². The molecule has 1 unspecified atom stereocenters. The number of carboxylic acids is 1. The lowest BCUT2D eigenvalue weighted by molar-refractivity contribution is -0.138. The molecule has 6 heteroatoms. The molecule has 0 bridgehead atoms. The Morgan fingerprint density at radius 2 is 1.85 bits per heavy atom. The predicted molar refractivity (Wildman–Crippen MR) is 76.6 cm³/mol. The van der Waals surface area contributed by atoms with E-state index in [0.29, 0.717) is 5.69 Å². The zero-order valence-electron chi connectivity index (χ0n) is 10.7. The van der Waals surface area contributed by atoms with Crippen molar-refractivity contribution in [1.82, 2.24) is 5.32 Å². The molecule has 6 nitrogen and oxygen atoms in total. The van der Waals surface area contributed by atoms with E-state index in [1.165, 1.54) is 0 Å². The minimum absolute atomic E-state index is 0.168. The van der Waals surface area contributed by atoms with Crippen LogP contribution in [0.15, 0.2) is 42.5 Å². The number of carboxylic acid groups (broad SMARTS) is 1. The van der Waals surface area contributed by atoms with Crippen molar-refractivity contribution in [2.45, 2.75) is 6.04 Å². The molecule has 0 aliphatic carbocycles. The molecule has 0 fully saturated rings. The Morgan fingerprint density at radius 3 is 2.55 bits per heavy atom. The van der Waals surface area contributed by atoms with Crippen LogP contribution in [0.3, 0.4) is 0 Å². The van der Waals surface area contributed by atoms with E-state index in [9.17, 15) is 9.59 Å². The minimum Gasteiger partial charge on any atom is -0.480 e. The number of nitrogens with one attached hydrogen (secondary N) is 2. The molecule has 2 aromatic carbocycles. The fraction of sp³-hybridized carbons (Fsp3) is 0.143. The first-order chi connectivity index (χ1) is 9.61. The number of hydrogen-bond acceptors (Lipinski definition) is 3. The lowest BCUT2D eigenvalue weighted by Crippen LogP contribution is -2.47. The summed E-state index contributed by atoms with van der Waals surface area (Å²) in [5.74, 6) is -1.17. The third kappa shape index (κ3) is 3.04. The maximum atomic E-state index is 11.8. The number of amides is 2. The summed E-state index contributed by atoms with van der Waals surface area (Å²) in [5, 5.41) is 15.6. The van der Waals surface area contributed by atoms with Gasteiger partial charge in [-0.1, -0.05) is 36.4 Å². The van der Waals surface area contributed by atoms with Gasteiger partial charge >= 0.3 is 12.0 Å². The lowest BCUT2D eigenvalue weighted by atomic mass is 10.1. The normalized spacial score (nSPS) is 11.8. The molecule has 0 aliphatic heterocycles. The highest BCUT2D eigenvalue weighted by molar-refractivity contribution is 6.02. The molecular weight excluding hydrogens is 258 g/mol. The van der Waals surface area contributed by atoms with E-state index >= 15 is 0 Å². The van der Waals surface area contributed by atoms with Crippen molar-refractivity contribution in [2.75, 3.05) is 11.9 Å². The zero-order chi connectivity index (χ0) is 14.5. The van der Waals surface area contributed by atoms with Crippen molar-refractivity contribution in [3.05, 3.63) is 42.5 Å². The first kappa shape index (κ1) is 13.8. The van der Waals surface area contributed by atoms with Crippen LogP contribution in [-0.4, -0.2) is 29.7 Å². The highest BCUT2D eigenvalue weighted by Gasteiger charge is 2.18. The van der Waals surface area contributed by atoms with E-state index in [0.717, 1.165) is 10.8 Å². The van der Waals surface area contributed by atoms with Gasteiger partial charge in [-0.3, -0.25) is 0 Å². The summed E-state index contributed by atoms with van der Waals surface area (Å²) in [4.78, 5) is 22.6. The summed E-state index contributed by atoms with van der Waals surface area (Å²) in [5.41, 5.74) is 5.90. The largest absolute Gasteiger partial charge is 0.480 e. The third-order valence-corrected chi connectivity index (χ3v) is 2.88. The third-order valence-electron chi connectivity index (χ3n) is 2.88. The van der Waals surface area contributed by atoms with Gasteiger partial charge in [-0.2, -0.15) is 0 Å². The molecule has 0 aromatic heterocycles. The fourth-order valence-corrected chi connectivity index (χ4v) is 1.87. The topological polar surface area (TPSA) is 104 Å². The Labute approximate surface area is 115 Å². The number of nitrogens with two attached hydrogens (primary N) is 1. The second-order valence-corrected chi connectivity index (χ2v) is 4.25. The molecule has 0 spiro atoms. The number of aliphatic carboxylic acids is 1. The smallest absolute Gasteiger partial charge is 0.327 e. The van der Waals surface area contributed by atoms with Crippen LogP contribution in [0.4, 0.5) is 10.5 Å². The number of carbonyl (C=O) groups excluding carboxylic acids is 1. The van der Waals surface area contributed by atoms with Gasteiger partial charge in [-0.25, -0.2) is 9.59 Å². The Morgan fingerprint density at radius 1 is 1.15 bits per heavy atom. The number of rotatable bonds is 4.